The van der Waals surface area contributed by atoms with E-state index < -0.39 is 0 Å². The molecule has 0 aliphatic heterocycles. The van der Waals surface area contributed by atoms with Crippen LogP contribution in [0.2, 0.25) is 0 Å². The van der Waals surface area contributed by atoms with E-state index in [1.165, 1.54) is 6.20 Å². The van der Waals surface area contributed by atoms with Crippen LogP contribution in [-0.2, 0) is 0 Å². The lowest BCUT2D eigenvalue weighted by Crippen LogP contribution is -1.80. The van der Waals surface area contributed by atoms with E-state index >= 15 is 0 Å². The first-order valence-corrected chi connectivity index (χ1v) is 4.92. The first kappa shape index (κ1) is 8.91. The van der Waals surface area contributed by atoms with Crippen molar-refractivity contribution in [3.63, 3.8) is 0 Å². The van der Waals surface area contributed by atoms with E-state index in [4.69, 9.17) is 0 Å². The lowest BCUT2D eigenvalue weighted by atomic mass is 10.2. The number of H-pyrrole nitrogens is 1. The molecule has 3 aromatic rings. The molecule has 0 amide bonds. The van der Waals surface area contributed by atoms with Crippen molar-refractivity contribution >= 4 is 11.0 Å². The van der Waals surface area contributed by atoms with Crippen molar-refractivity contribution in [1.82, 2.24) is 15.0 Å². The second-order valence-corrected chi connectivity index (χ2v) is 3.52. The van der Waals surface area contributed by atoms with E-state index in [9.17, 15) is 5.11 Å². The molecule has 78 valence electrons. The Bertz CT molecular complexity index is 612. The van der Waals surface area contributed by atoms with E-state index in [0.717, 1.165) is 22.3 Å². The van der Waals surface area contributed by atoms with Crippen molar-refractivity contribution < 1.29 is 5.11 Å². The van der Waals surface area contributed by atoms with E-state index in [0.29, 0.717) is 0 Å². The summed E-state index contributed by atoms with van der Waals surface area (Å²) in [6.07, 6.45) is 4.80. The summed E-state index contributed by atoms with van der Waals surface area (Å²) >= 11 is 0. The largest absolute Gasteiger partial charge is 0.506 e. The van der Waals surface area contributed by atoms with Gasteiger partial charge in [0.05, 0.1) is 11.9 Å². The number of pyridine rings is 2. The molecule has 0 spiro atoms. The van der Waals surface area contributed by atoms with Gasteiger partial charge in [0.25, 0.3) is 0 Å². The number of aromatic hydroxyl groups is 1. The average molecular weight is 211 g/mol. The molecule has 0 fully saturated rings. The molecular formula is C12H9N3O. The predicted molar refractivity (Wildman–Crippen MR) is 61.0 cm³/mol. The highest BCUT2D eigenvalue weighted by Gasteiger charge is 2.07. The molecule has 3 heterocycles. The fourth-order valence-corrected chi connectivity index (χ4v) is 1.72. The van der Waals surface area contributed by atoms with Gasteiger partial charge in [-0.25, -0.2) is 4.98 Å². The molecule has 3 rings (SSSR count). The number of hydrogen-bond acceptors (Lipinski definition) is 3. The van der Waals surface area contributed by atoms with Gasteiger partial charge in [0.15, 0.2) is 0 Å². The molecule has 4 heteroatoms. The fraction of sp³-hybridized carbons (Fsp3) is 0. The maximum atomic E-state index is 9.69. The normalized spacial score (nSPS) is 10.8. The Labute approximate surface area is 91.6 Å². The van der Waals surface area contributed by atoms with Crippen molar-refractivity contribution in [2.45, 2.75) is 0 Å². The van der Waals surface area contributed by atoms with Gasteiger partial charge in [-0.05, 0) is 24.3 Å². The lowest BCUT2D eigenvalue weighted by molar-refractivity contribution is 0.474. The molecule has 16 heavy (non-hydrogen) atoms. The molecule has 0 saturated heterocycles. The van der Waals surface area contributed by atoms with Crippen LogP contribution in [0, 0.1) is 0 Å². The van der Waals surface area contributed by atoms with Gasteiger partial charge in [0.1, 0.15) is 11.4 Å². The minimum Gasteiger partial charge on any atom is -0.506 e. The molecule has 0 atom stereocenters. The SMILES string of the molecule is Oc1cnccc1-c1cc2cccnc2[nH]1. The Balaban J connectivity index is 2.23. The number of aromatic amines is 1. The maximum absolute atomic E-state index is 9.69. The van der Waals surface area contributed by atoms with Gasteiger partial charge in [-0.15, -0.1) is 0 Å². The smallest absolute Gasteiger partial charge is 0.143 e. The molecule has 0 unspecified atom stereocenters. The summed E-state index contributed by atoms with van der Waals surface area (Å²) in [6.45, 7) is 0. The van der Waals surface area contributed by atoms with Crippen molar-refractivity contribution in [3.8, 4) is 17.0 Å². The third kappa shape index (κ3) is 1.32. The molecule has 0 aromatic carbocycles. The Morgan fingerprint density at radius 3 is 2.94 bits per heavy atom. The van der Waals surface area contributed by atoms with Crippen LogP contribution in [0.3, 0.4) is 0 Å². The van der Waals surface area contributed by atoms with Gasteiger partial charge < -0.3 is 10.1 Å². The van der Waals surface area contributed by atoms with Crippen LogP contribution in [0.5, 0.6) is 5.75 Å². The van der Waals surface area contributed by atoms with Crippen molar-refractivity contribution in [2.75, 3.05) is 0 Å². The van der Waals surface area contributed by atoms with E-state index in [1.807, 2.05) is 18.2 Å². The molecule has 2 N–H and O–H groups in total. The van der Waals surface area contributed by atoms with Crippen LogP contribution >= 0.6 is 0 Å². The summed E-state index contributed by atoms with van der Waals surface area (Å²) in [6, 6.07) is 7.57. The summed E-state index contributed by atoms with van der Waals surface area (Å²) in [5.74, 6) is 0.161. The fourth-order valence-electron chi connectivity index (χ4n) is 1.72. The summed E-state index contributed by atoms with van der Waals surface area (Å²) in [7, 11) is 0. The van der Waals surface area contributed by atoms with E-state index in [2.05, 4.69) is 15.0 Å². The third-order valence-corrected chi connectivity index (χ3v) is 2.48. The number of nitrogens with one attached hydrogen (secondary N) is 1. The molecular weight excluding hydrogens is 202 g/mol. The number of hydrogen-bond donors (Lipinski definition) is 2. The molecule has 4 nitrogen and oxygen atoms in total. The van der Waals surface area contributed by atoms with E-state index in [-0.39, 0.29) is 5.75 Å². The lowest BCUT2D eigenvalue weighted by Gasteiger charge is -1.99. The standard InChI is InChI=1S/C12H9N3O/c16-11-7-13-5-3-9(11)10-6-8-2-1-4-14-12(8)15-10/h1-7,16H,(H,14,15). The second-order valence-electron chi connectivity index (χ2n) is 3.52. The quantitative estimate of drug-likeness (QED) is 0.649. The predicted octanol–water partition coefficient (Wildman–Crippen LogP) is 2.33. The second kappa shape index (κ2) is 3.34. The number of fused-ring (bicyclic) bond motifs is 1. The first-order valence-electron chi connectivity index (χ1n) is 4.92. The zero-order chi connectivity index (χ0) is 11.0. The van der Waals surface area contributed by atoms with Gasteiger partial charge >= 0.3 is 0 Å². The number of rotatable bonds is 1. The van der Waals surface area contributed by atoms with Crippen molar-refractivity contribution in [1.29, 1.82) is 0 Å². The highest BCUT2D eigenvalue weighted by atomic mass is 16.3. The average Bonchev–Trinajstić information content (AvgIpc) is 2.73. The van der Waals surface area contributed by atoms with Crippen LogP contribution in [-0.4, -0.2) is 20.1 Å². The molecule has 0 radical (unpaired) electrons. The van der Waals surface area contributed by atoms with Gasteiger partial charge in [-0.2, -0.15) is 0 Å². The van der Waals surface area contributed by atoms with Crippen LogP contribution in [0.15, 0.2) is 42.9 Å². The molecule has 0 bridgehead atoms. The van der Waals surface area contributed by atoms with Gasteiger partial charge in [-0.3, -0.25) is 4.98 Å². The topological polar surface area (TPSA) is 61.8 Å². The van der Waals surface area contributed by atoms with Crippen LogP contribution in [0.4, 0.5) is 0 Å². The molecule has 3 aromatic heterocycles. The van der Waals surface area contributed by atoms with Gasteiger partial charge in [-0.1, -0.05) is 0 Å². The Morgan fingerprint density at radius 1 is 1.19 bits per heavy atom. The van der Waals surface area contributed by atoms with Gasteiger partial charge in [0, 0.05) is 23.3 Å². The highest BCUT2D eigenvalue weighted by molar-refractivity contribution is 5.84. The zero-order valence-electron chi connectivity index (χ0n) is 8.38. The third-order valence-electron chi connectivity index (χ3n) is 2.48. The van der Waals surface area contributed by atoms with Crippen LogP contribution in [0.25, 0.3) is 22.3 Å². The highest BCUT2D eigenvalue weighted by Crippen LogP contribution is 2.28. The summed E-state index contributed by atoms with van der Waals surface area (Å²) < 4.78 is 0. The first-order chi connectivity index (χ1) is 7.84. The van der Waals surface area contributed by atoms with Crippen molar-refractivity contribution in [3.05, 3.63) is 42.9 Å². The Hall–Kier alpha value is -2.36. The van der Waals surface area contributed by atoms with Gasteiger partial charge in [0.2, 0.25) is 0 Å². The number of aromatic nitrogens is 3. The minimum absolute atomic E-state index is 0.161. The molecule has 0 aliphatic carbocycles. The monoisotopic (exact) mass is 211 g/mol. The van der Waals surface area contributed by atoms with E-state index in [1.54, 1.807) is 18.5 Å². The number of nitrogens with zero attached hydrogens (tertiary/aromatic N) is 2. The molecule has 0 saturated carbocycles. The molecule has 0 aliphatic rings. The van der Waals surface area contributed by atoms with Crippen LogP contribution < -0.4 is 0 Å². The van der Waals surface area contributed by atoms with Crippen LogP contribution in [0.1, 0.15) is 0 Å². The Kier molecular flexibility index (Phi) is 1.86. The Morgan fingerprint density at radius 2 is 2.12 bits per heavy atom. The summed E-state index contributed by atoms with van der Waals surface area (Å²) in [5, 5.41) is 10.7. The minimum atomic E-state index is 0.161. The van der Waals surface area contributed by atoms with Crippen molar-refractivity contribution in [2.24, 2.45) is 0 Å². The summed E-state index contributed by atoms with van der Waals surface area (Å²) in [5.41, 5.74) is 2.38. The zero-order valence-corrected chi connectivity index (χ0v) is 8.38. The maximum Gasteiger partial charge on any atom is 0.143 e. The summed E-state index contributed by atoms with van der Waals surface area (Å²) in [4.78, 5) is 11.2.